The Hall–Kier alpha value is 0.371. The maximum Gasteiger partial charge on any atom is 4.00 e. The normalized spacial score (nSPS) is 10.7. The first-order valence-corrected chi connectivity index (χ1v) is 11.4. The van der Waals surface area contributed by atoms with Crippen LogP contribution in [0.25, 0.3) is 0 Å². The van der Waals surface area contributed by atoms with Gasteiger partial charge in [0.25, 0.3) is 0 Å². The average molecular weight is 452 g/mol. The number of rotatable bonds is 3. The molecule has 2 aromatic rings. The van der Waals surface area contributed by atoms with Crippen molar-refractivity contribution in [2.75, 3.05) is 0 Å². The second-order valence-electron chi connectivity index (χ2n) is 7.94. The first-order valence-electron chi connectivity index (χ1n) is 7.90. The van der Waals surface area contributed by atoms with E-state index in [-0.39, 0.29) is 64.4 Å². The quantitative estimate of drug-likeness (QED) is 0.332. The largest absolute Gasteiger partial charge is 4.00 e. The summed E-state index contributed by atoms with van der Waals surface area (Å²) in [6, 6.07) is 11.7. The van der Waals surface area contributed by atoms with Crippen LogP contribution >= 0.6 is 0 Å². The smallest absolute Gasteiger partial charge is 1.00 e. The molecule has 25 heavy (non-hydrogen) atoms. The molecule has 0 heterocycles. The van der Waals surface area contributed by atoms with E-state index in [1.807, 2.05) is 0 Å². The first-order chi connectivity index (χ1) is 9.55. The van der Waals surface area contributed by atoms with Crippen molar-refractivity contribution in [1.29, 1.82) is 0 Å². The molecule has 0 N–H and O–H groups in total. The second-order valence-corrected chi connectivity index (χ2v) is 13.0. The molecule has 0 nitrogen and oxygen atoms in total. The van der Waals surface area contributed by atoms with E-state index >= 15 is 0 Å². The predicted molar refractivity (Wildman–Crippen MR) is 97.8 cm³/mol. The minimum atomic E-state index is -1.23. The van der Waals surface area contributed by atoms with Crippen molar-refractivity contribution in [3.05, 3.63) is 58.1 Å². The van der Waals surface area contributed by atoms with Crippen LogP contribution in [0.1, 0.15) is 41.7 Å². The summed E-state index contributed by atoms with van der Waals surface area (Å²) in [5.74, 6) is 0. The van der Waals surface area contributed by atoms with E-state index in [9.17, 15) is 0 Å². The molecule has 0 amide bonds. The van der Waals surface area contributed by atoms with Crippen molar-refractivity contribution < 1.29 is 58.9 Å². The van der Waals surface area contributed by atoms with Crippen molar-refractivity contribution in [2.24, 2.45) is 0 Å². The third-order valence-electron chi connectivity index (χ3n) is 5.07. The van der Waals surface area contributed by atoms with E-state index in [2.05, 4.69) is 84.6 Å². The Morgan fingerprint density at radius 2 is 1.36 bits per heavy atom. The van der Waals surface area contributed by atoms with Crippen LogP contribution in [0.4, 0.5) is 0 Å². The molecule has 0 saturated carbocycles. The topological polar surface area (TPSA) is 0 Å². The van der Waals surface area contributed by atoms with Crippen LogP contribution in [0.15, 0.2) is 30.3 Å². The van der Waals surface area contributed by atoms with Crippen molar-refractivity contribution in [3.63, 3.8) is 0 Å². The summed E-state index contributed by atoms with van der Waals surface area (Å²) in [5.41, 5.74) is 7.23. The summed E-state index contributed by atoms with van der Waals surface area (Å²) < 4.78 is 0. The molecule has 0 spiro atoms. The fraction of sp³-hybridized carbons (Fsp3) is 0.450. The molecule has 0 aliphatic rings. The molecule has 0 aromatic heterocycles. The van der Waals surface area contributed by atoms with Gasteiger partial charge in [0.05, 0.1) is 0 Å². The molecule has 2 aromatic carbocycles. The molecule has 0 aliphatic heterocycles. The van der Waals surface area contributed by atoms with Crippen molar-refractivity contribution in [2.45, 2.75) is 59.7 Å². The zero-order valence-corrected chi connectivity index (χ0v) is 21.3. The number of benzene rings is 1. The fourth-order valence-corrected chi connectivity index (χ4v) is 4.26. The van der Waals surface area contributed by atoms with Crippen LogP contribution in [0, 0.1) is 20.8 Å². The molecule has 5 heteroatoms. The van der Waals surface area contributed by atoms with Gasteiger partial charge in [0, 0.05) is 8.07 Å². The van der Waals surface area contributed by atoms with Crippen LogP contribution < -0.4 is 42.4 Å². The Kier molecular flexibility index (Phi) is 12.8. The molecule has 0 aliphatic carbocycles. The second kappa shape index (κ2) is 10.6. The van der Waals surface area contributed by atoms with Gasteiger partial charge < -0.3 is 37.2 Å². The Labute approximate surface area is 189 Å². The third-order valence-corrected chi connectivity index (χ3v) is 7.12. The Morgan fingerprint density at radius 1 is 0.840 bits per heavy atom. The van der Waals surface area contributed by atoms with Crippen LogP contribution in [0.2, 0.25) is 19.6 Å². The summed E-state index contributed by atoms with van der Waals surface area (Å²) >= 11 is 0. The van der Waals surface area contributed by atoms with E-state index in [0.29, 0.717) is 0 Å². The van der Waals surface area contributed by atoms with Crippen molar-refractivity contribution in [1.82, 2.24) is 0 Å². The van der Waals surface area contributed by atoms with Gasteiger partial charge in [-0.25, -0.2) is 11.3 Å². The SMILES string of the molecule is Cc1ccc(C(C)(C)[c-]2ccc([Si](C)(C)C)c2)c(C)c1C.[Cl-].[Cl-].[Cl-].[Ti+4]. The number of hydrogen-bond acceptors (Lipinski definition) is 0. The van der Waals surface area contributed by atoms with Crippen molar-refractivity contribution in [3.8, 4) is 0 Å². The van der Waals surface area contributed by atoms with Crippen LogP contribution in [0.5, 0.6) is 0 Å². The molecule has 0 unspecified atom stereocenters. The summed E-state index contributed by atoms with van der Waals surface area (Å²) in [4.78, 5) is 0. The third kappa shape index (κ3) is 6.20. The zero-order chi connectivity index (χ0) is 16.0. The Morgan fingerprint density at radius 3 is 1.80 bits per heavy atom. The van der Waals surface area contributed by atoms with Gasteiger partial charge in [-0.3, -0.25) is 0 Å². The minimum absolute atomic E-state index is 0. The van der Waals surface area contributed by atoms with Gasteiger partial charge in [-0.1, -0.05) is 45.6 Å². The molecule has 0 bridgehead atoms. The Balaban J connectivity index is -0.00000121. The molecule has 0 radical (unpaired) electrons. The van der Waals surface area contributed by atoms with Gasteiger partial charge in [0.15, 0.2) is 0 Å². The summed E-state index contributed by atoms with van der Waals surface area (Å²) in [5, 5.41) is 1.56. The van der Waals surface area contributed by atoms with Crippen LogP contribution in [0.3, 0.4) is 0 Å². The van der Waals surface area contributed by atoms with E-state index in [1.165, 1.54) is 27.8 Å². The summed E-state index contributed by atoms with van der Waals surface area (Å²) in [6.07, 6.45) is 0. The van der Waals surface area contributed by atoms with Gasteiger partial charge >= 0.3 is 21.7 Å². The molecular weight excluding hydrogens is 423 g/mol. The number of aryl methyl sites for hydroxylation is 1. The summed E-state index contributed by atoms with van der Waals surface area (Å²) in [6.45, 7) is 18.7. The van der Waals surface area contributed by atoms with E-state index in [0.717, 1.165) is 0 Å². The van der Waals surface area contributed by atoms with Crippen LogP contribution in [-0.4, -0.2) is 8.07 Å². The van der Waals surface area contributed by atoms with Gasteiger partial charge in [0.2, 0.25) is 0 Å². The average Bonchev–Trinajstić information content (AvgIpc) is 2.85. The first kappa shape index (κ1) is 30.1. The van der Waals surface area contributed by atoms with Crippen LogP contribution in [-0.2, 0) is 27.1 Å². The minimum Gasteiger partial charge on any atom is -1.00 e. The zero-order valence-electron chi connectivity index (χ0n) is 16.5. The Bertz CT molecular complexity index is 670. The van der Waals surface area contributed by atoms with E-state index < -0.39 is 8.07 Å². The maximum absolute atomic E-state index is 2.45. The van der Waals surface area contributed by atoms with Crippen molar-refractivity contribution >= 4 is 13.3 Å². The summed E-state index contributed by atoms with van der Waals surface area (Å²) in [7, 11) is -1.23. The fourth-order valence-electron chi connectivity index (χ4n) is 3.09. The van der Waals surface area contributed by atoms with E-state index in [1.54, 1.807) is 5.19 Å². The maximum atomic E-state index is 2.45. The molecule has 2 rings (SSSR count). The molecule has 0 saturated heterocycles. The predicted octanol–water partition coefficient (Wildman–Crippen LogP) is -3.79. The monoisotopic (exact) mass is 450 g/mol. The van der Waals surface area contributed by atoms with Gasteiger partial charge in [-0.15, -0.1) is 5.56 Å². The molecule has 0 fully saturated rings. The number of halogens is 3. The van der Waals surface area contributed by atoms with E-state index in [4.69, 9.17) is 0 Å². The van der Waals surface area contributed by atoms with Gasteiger partial charge in [-0.2, -0.15) is 12.1 Å². The molecular formula is C20H29Cl3SiTi. The van der Waals surface area contributed by atoms with Gasteiger partial charge in [-0.05, 0) is 48.4 Å². The van der Waals surface area contributed by atoms with Gasteiger partial charge in [0.1, 0.15) is 0 Å². The standard InChI is InChI=1S/C20H29Si.3ClH.Ti/c1-14-9-12-19(16(3)15(14)2)20(4,5)17-10-11-18(13-17)21(6,7)8;;;;/h9-13H,1-8H3;3*1H;/q-1;;;;+4/p-3. The molecule has 138 valence electrons. The number of hydrogen-bond donors (Lipinski definition) is 0. The molecule has 0 atom stereocenters.